The van der Waals surface area contributed by atoms with Gasteiger partial charge < -0.3 is 19.6 Å². The van der Waals surface area contributed by atoms with Gasteiger partial charge in [0.2, 0.25) is 0 Å². The van der Waals surface area contributed by atoms with Gasteiger partial charge in [-0.25, -0.2) is 0 Å². The molecule has 3 atom stereocenters. The molecule has 1 saturated heterocycles. The highest BCUT2D eigenvalue weighted by Crippen LogP contribution is 2.44. The molecule has 4 rings (SSSR count). The van der Waals surface area contributed by atoms with Gasteiger partial charge in [0.05, 0.1) is 10.6 Å². The molecule has 11 heteroatoms. The van der Waals surface area contributed by atoms with Crippen molar-refractivity contribution in [2.45, 2.75) is 58.5 Å². The molecule has 3 unspecified atom stereocenters. The van der Waals surface area contributed by atoms with Gasteiger partial charge >= 0.3 is 12.3 Å². The molecule has 0 radical (unpaired) electrons. The van der Waals surface area contributed by atoms with Crippen LogP contribution in [-0.4, -0.2) is 52.3 Å². The first-order valence-electron chi connectivity index (χ1n) is 12.2. The Morgan fingerprint density at radius 1 is 1.19 bits per heavy atom. The first-order chi connectivity index (χ1) is 17.3. The Bertz CT molecular complexity index is 1130. The van der Waals surface area contributed by atoms with Crippen molar-refractivity contribution in [2.24, 2.45) is 17.8 Å². The number of carbonyl (C=O) groups is 2. The van der Waals surface area contributed by atoms with E-state index in [0.717, 1.165) is 5.57 Å². The number of carboxylic acids is 1. The average molecular weight is 561 g/mol. The number of rotatable bonds is 6. The molecule has 0 aromatic heterocycles. The third-order valence-electron chi connectivity index (χ3n) is 7.49. The van der Waals surface area contributed by atoms with Gasteiger partial charge in [-0.05, 0) is 61.6 Å². The van der Waals surface area contributed by atoms with E-state index < -0.39 is 12.3 Å². The summed E-state index contributed by atoms with van der Waals surface area (Å²) in [7, 11) is 0. The number of piperidine rings is 1. The van der Waals surface area contributed by atoms with E-state index in [9.17, 15) is 22.8 Å². The Morgan fingerprint density at radius 3 is 2.49 bits per heavy atom. The number of amides is 1. The summed E-state index contributed by atoms with van der Waals surface area (Å²) in [5.74, 6) is -1.47. The number of carbonyl (C=O) groups excluding carboxylic acids is 1. The Hall–Kier alpha value is -2.39. The normalized spacial score (nSPS) is 24.5. The van der Waals surface area contributed by atoms with Crippen molar-refractivity contribution in [3.05, 3.63) is 56.9 Å². The molecular formula is C26H29Cl2F3N2O4. The number of ether oxygens (including phenoxy) is 1. The van der Waals surface area contributed by atoms with E-state index in [2.05, 4.69) is 4.74 Å². The smallest absolute Gasteiger partial charge is 0.481 e. The highest BCUT2D eigenvalue weighted by molar-refractivity contribution is 6.38. The Morgan fingerprint density at radius 2 is 1.86 bits per heavy atom. The van der Waals surface area contributed by atoms with Crippen LogP contribution in [0.2, 0.25) is 10.0 Å². The molecule has 1 aromatic rings. The third kappa shape index (κ3) is 6.20. The minimum absolute atomic E-state index is 0.0459. The summed E-state index contributed by atoms with van der Waals surface area (Å²) in [6.07, 6.45) is 0.194. The maximum absolute atomic E-state index is 13.3. The quantitative estimate of drug-likeness (QED) is 0.431. The number of hydrogen-bond acceptors (Lipinski definition) is 4. The Balaban J connectivity index is 1.51. The molecule has 2 aliphatic heterocycles. The van der Waals surface area contributed by atoms with Crippen LogP contribution in [0.25, 0.3) is 0 Å². The van der Waals surface area contributed by atoms with Crippen molar-refractivity contribution in [3.63, 3.8) is 0 Å². The molecule has 6 nitrogen and oxygen atoms in total. The first kappa shape index (κ1) is 27.6. The zero-order valence-corrected chi connectivity index (χ0v) is 22.0. The number of benzene rings is 1. The lowest BCUT2D eigenvalue weighted by atomic mass is 9.80. The van der Waals surface area contributed by atoms with Crippen molar-refractivity contribution in [2.75, 3.05) is 13.1 Å². The predicted molar refractivity (Wildman–Crippen MR) is 133 cm³/mol. The number of alkyl halides is 3. The van der Waals surface area contributed by atoms with Gasteiger partial charge in [-0.2, -0.15) is 0 Å². The van der Waals surface area contributed by atoms with E-state index in [1.54, 1.807) is 23.1 Å². The first-order valence-corrected chi connectivity index (χ1v) is 13.0. The van der Waals surface area contributed by atoms with Crippen LogP contribution in [0.5, 0.6) is 0 Å². The number of carboxylic acid groups (broad SMARTS) is 1. The summed E-state index contributed by atoms with van der Waals surface area (Å²) >= 11 is 13.2. The molecule has 0 saturated carbocycles. The molecule has 1 aliphatic carbocycles. The summed E-state index contributed by atoms with van der Waals surface area (Å²) < 4.78 is 42.6. The van der Waals surface area contributed by atoms with Gasteiger partial charge in [0, 0.05) is 55.0 Å². The number of nitrogens with zero attached hydrogens (tertiary/aromatic N) is 2. The maximum atomic E-state index is 13.3. The van der Waals surface area contributed by atoms with Crippen LogP contribution < -0.4 is 0 Å². The third-order valence-corrected chi connectivity index (χ3v) is 8.27. The topological polar surface area (TPSA) is 70.1 Å². The van der Waals surface area contributed by atoms with Gasteiger partial charge in [0.15, 0.2) is 0 Å². The van der Waals surface area contributed by atoms with E-state index in [1.807, 2.05) is 24.9 Å². The molecule has 37 heavy (non-hydrogen) atoms. The van der Waals surface area contributed by atoms with Gasteiger partial charge in [-0.3, -0.25) is 9.59 Å². The average Bonchev–Trinajstić information content (AvgIpc) is 3.10. The summed E-state index contributed by atoms with van der Waals surface area (Å²) in [4.78, 5) is 28.0. The molecule has 0 spiro atoms. The highest BCUT2D eigenvalue weighted by atomic mass is 35.5. The largest absolute Gasteiger partial charge is 0.572 e. The van der Waals surface area contributed by atoms with Gasteiger partial charge in [0.25, 0.3) is 5.91 Å². The number of halogens is 5. The Labute approximate surface area is 223 Å². The molecule has 1 N–H and O–H groups in total. The molecule has 1 amide bonds. The Kier molecular flexibility index (Phi) is 8.04. The fraction of sp³-hybridized carbons (Fsp3) is 0.538. The standard InChI is InChI=1S/C26H29Cl2F3N2O4/c1-14-9-17(37-26(29,30)31)11-19-15(2)12-33(24(14)19)13-20-21(27)4-3-18(23(20)28)25(36)32-7-5-16(6-8-32)10-22(34)35/h3-4,11-12,14,16,19,24H,5-10,13H2,1-2H3,(H,34,35). The lowest BCUT2D eigenvalue weighted by Gasteiger charge is -2.38. The molecule has 0 bridgehead atoms. The van der Waals surface area contributed by atoms with Crippen LogP contribution in [0.4, 0.5) is 13.2 Å². The summed E-state index contributed by atoms with van der Waals surface area (Å²) in [5.41, 5.74) is 1.81. The second-order valence-electron chi connectivity index (χ2n) is 10.1. The van der Waals surface area contributed by atoms with Gasteiger partial charge in [-0.15, -0.1) is 13.2 Å². The molecule has 1 aromatic carbocycles. The highest BCUT2D eigenvalue weighted by Gasteiger charge is 2.42. The van der Waals surface area contributed by atoms with Crippen molar-refractivity contribution in [1.29, 1.82) is 0 Å². The minimum Gasteiger partial charge on any atom is -0.481 e. The molecule has 2 heterocycles. The van der Waals surface area contributed by atoms with Crippen LogP contribution >= 0.6 is 23.2 Å². The van der Waals surface area contributed by atoms with E-state index in [1.165, 1.54) is 0 Å². The number of likely N-dealkylation sites (tertiary alicyclic amines) is 1. The zero-order valence-electron chi connectivity index (χ0n) is 20.5. The summed E-state index contributed by atoms with van der Waals surface area (Å²) in [6.45, 7) is 4.96. The van der Waals surface area contributed by atoms with E-state index >= 15 is 0 Å². The monoisotopic (exact) mass is 560 g/mol. The van der Waals surface area contributed by atoms with Crippen molar-refractivity contribution >= 4 is 35.1 Å². The van der Waals surface area contributed by atoms with Crippen molar-refractivity contribution in [3.8, 4) is 0 Å². The number of aliphatic carboxylic acids is 1. The van der Waals surface area contributed by atoms with Crippen molar-refractivity contribution < 1.29 is 32.6 Å². The predicted octanol–water partition coefficient (Wildman–Crippen LogP) is 6.48. The summed E-state index contributed by atoms with van der Waals surface area (Å²) in [6, 6.07) is 3.14. The number of fused-ring (bicyclic) bond motifs is 1. The summed E-state index contributed by atoms with van der Waals surface area (Å²) in [5, 5.41) is 9.67. The maximum Gasteiger partial charge on any atom is 0.572 e. The fourth-order valence-corrected chi connectivity index (χ4v) is 6.32. The SMILES string of the molecule is CC1=CN(Cc2c(Cl)ccc(C(=O)N3CCC(CC(=O)O)CC3)c2Cl)C2C(C)CC(OC(F)(F)F)=CC12. The van der Waals surface area contributed by atoms with Gasteiger partial charge in [-0.1, -0.05) is 30.1 Å². The van der Waals surface area contributed by atoms with Gasteiger partial charge in [0.1, 0.15) is 5.76 Å². The van der Waals surface area contributed by atoms with Crippen LogP contribution in [0.15, 0.2) is 35.7 Å². The van der Waals surface area contributed by atoms with E-state index in [4.69, 9.17) is 28.3 Å². The zero-order chi connectivity index (χ0) is 27.1. The van der Waals surface area contributed by atoms with Crippen LogP contribution in [0.3, 0.4) is 0 Å². The lowest BCUT2D eigenvalue weighted by Crippen LogP contribution is -2.40. The second-order valence-corrected chi connectivity index (χ2v) is 10.9. The van der Waals surface area contributed by atoms with Crippen LogP contribution in [0, 0.1) is 17.8 Å². The number of allylic oxidation sites excluding steroid dienone is 1. The molecule has 1 fully saturated rings. The molecule has 202 valence electrons. The minimum atomic E-state index is -4.73. The lowest BCUT2D eigenvalue weighted by molar-refractivity contribution is -0.307. The molecular weight excluding hydrogens is 532 g/mol. The van der Waals surface area contributed by atoms with Crippen molar-refractivity contribution in [1.82, 2.24) is 9.80 Å². The fourth-order valence-electron chi connectivity index (χ4n) is 5.75. The second kappa shape index (κ2) is 10.8. The van der Waals surface area contributed by atoms with Crippen LogP contribution in [0.1, 0.15) is 55.5 Å². The van der Waals surface area contributed by atoms with E-state index in [-0.39, 0.29) is 53.3 Å². The van der Waals surface area contributed by atoms with Crippen LogP contribution in [-0.2, 0) is 16.1 Å². The molecule has 3 aliphatic rings. The number of hydrogen-bond donors (Lipinski definition) is 1. The van der Waals surface area contributed by atoms with E-state index in [0.29, 0.717) is 48.6 Å².